The van der Waals surface area contributed by atoms with Crippen LogP contribution in [0.1, 0.15) is 49.6 Å². The quantitative estimate of drug-likeness (QED) is 0.101. The standard InChI is InChI=1S/C42H44FNO6SSi/c1-42(2,3)52(4,5)50-38(30-19-22-33(43)23-20-30)28-51(47,48)40-39(44(41(40)46)34-16-10-7-11-17-34)36-24-21-32(31-15-12-18-35(45)25-31)26-37(36)49-27-29-13-8-6-9-14-29/h6-26,38-40,45H,27-28H2,1-5H3/t38-,39+,40+/m0/s1. The second-order valence-corrected chi connectivity index (χ2v) is 21.7. The van der Waals surface area contributed by atoms with Gasteiger partial charge >= 0.3 is 0 Å². The molecule has 0 spiro atoms. The van der Waals surface area contributed by atoms with Gasteiger partial charge in [0.05, 0.1) is 17.9 Å². The molecule has 0 aromatic heterocycles. The van der Waals surface area contributed by atoms with Crippen LogP contribution in [0.25, 0.3) is 11.1 Å². The van der Waals surface area contributed by atoms with Crippen molar-refractivity contribution in [2.75, 3.05) is 10.7 Å². The first kappa shape index (κ1) is 37.0. The number of sulfone groups is 1. The van der Waals surface area contributed by atoms with E-state index in [1.165, 1.54) is 17.0 Å². The highest BCUT2D eigenvalue weighted by atomic mass is 32.2. The molecule has 1 heterocycles. The molecule has 5 aromatic carbocycles. The molecular formula is C42H44FNO6SSi. The number of halogens is 1. The number of hydrogen-bond acceptors (Lipinski definition) is 6. The topological polar surface area (TPSA) is 93.1 Å². The summed E-state index contributed by atoms with van der Waals surface area (Å²) in [5.74, 6) is -0.941. The van der Waals surface area contributed by atoms with E-state index in [-0.39, 0.29) is 17.4 Å². The lowest BCUT2D eigenvalue weighted by Gasteiger charge is -2.47. The van der Waals surface area contributed by atoms with Gasteiger partial charge in [-0.1, -0.05) is 106 Å². The van der Waals surface area contributed by atoms with Gasteiger partial charge in [0.25, 0.3) is 0 Å². The maximum atomic E-state index is 14.7. The summed E-state index contributed by atoms with van der Waals surface area (Å²) < 4.78 is 56.7. The fourth-order valence-electron chi connectivity index (χ4n) is 6.22. The molecule has 1 fully saturated rings. The average molecular weight is 738 g/mol. The minimum absolute atomic E-state index is 0.106. The number of para-hydroxylation sites is 1. The number of rotatable bonds is 12. The first-order chi connectivity index (χ1) is 24.6. The van der Waals surface area contributed by atoms with Crippen LogP contribution in [0.5, 0.6) is 11.5 Å². The predicted molar refractivity (Wildman–Crippen MR) is 206 cm³/mol. The molecule has 0 unspecified atom stereocenters. The Balaban J connectivity index is 1.45. The van der Waals surface area contributed by atoms with Crippen molar-refractivity contribution in [2.45, 2.75) is 62.9 Å². The fraction of sp³-hybridized carbons (Fsp3) is 0.262. The number of benzene rings is 5. The van der Waals surface area contributed by atoms with Crippen LogP contribution in [0.3, 0.4) is 0 Å². The van der Waals surface area contributed by atoms with Crippen molar-refractivity contribution in [3.63, 3.8) is 0 Å². The van der Waals surface area contributed by atoms with E-state index < -0.39 is 53.0 Å². The lowest BCUT2D eigenvalue weighted by molar-refractivity contribution is -0.123. The minimum Gasteiger partial charge on any atom is -0.508 e. The van der Waals surface area contributed by atoms with Crippen molar-refractivity contribution in [2.24, 2.45) is 0 Å². The Morgan fingerprint density at radius 3 is 2.10 bits per heavy atom. The summed E-state index contributed by atoms with van der Waals surface area (Å²) in [7, 11) is -6.76. The van der Waals surface area contributed by atoms with Crippen LogP contribution in [0.4, 0.5) is 10.1 Å². The molecule has 7 nitrogen and oxygen atoms in total. The maximum absolute atomic E-state index is 14.7. The number of amides is 1. The van der Waals surface area contributed by atoms with Crippen LogP contribution in [0.15, 0.2) is 127 Å². The van der Waals surface area contributed by atoms with Crippen LogP contribution < -0.4 is 9.64 Å². The van der Waals surface area contributed by atoms with Gasteiger partial charge in [-0.3, -0.25) is 4.79 Å². The van der Waals surface area contributed by atoms with Crippen LogP contribution in [-0.4, -0.2) is 38.8 Å². The molecule has 3 atom stereocenters. The third-order valence-corrected chi connectivity index (χ3v) is 16.6. The normalized spacial score (nSPS) is 17.0. The monoisotopic (exact) mass is 737 g/mol. The van der Waals surface area contributed by atoms with E-state index in [1.54, 1.807) is 60.7 Å². The second-order valence-electron chi connectivity index (χ2n) is 14.7. The van der Waals surface area contributed by atoms with Crippen molar-refractivity contribution in [3.05, 3.63) is 150 Å². The first-order valence-electron chi connectivity index (χ1n) is 17.3. The molecule has 5 aromatic rings. The third kappa shape index (κ3) is 7.84. The van der Waals surface area contributed by atoms with E-state index in [1.807, 2.05) is 67.7 Å². The van der Waals surface area contributed by atoms with Crippen molar-refractivity contribution in [3.8, 4) is 22.6 Å². The Bertz CT molecular complexity index is 2140. The van der Waals surface area contributed by atoms with E-state index in [9.17, 15) is 22.7 Å². The zero-order valence-electron chi connectivity index (χ0n) is 30.0. The van der Waals surface area contributed by atoms with E-state index >= 15 is 0 Å². The average Bonchev–Trinajstić information content (AvgIpc) is 3.10. The number of carbonyl (C=O) groups excluding carboxylic acids is 1. The van der Waals surface area contributed by atoms with Crippen molar-refractivity contribution in [1.29, 1.82) is 0 Å². The van der Waals surface area contributed by atoms with E-state index in [0.29, 0.717) is 22.6 Å². The number of aromatic hydroxyl groups is 1. The summed E-state index contributed by atoms with van der Waals surface area (Å²) in [6.07, 6.45) is -0.923. The molecule has 52 heavy (non-hydrogen) atoms. The molecule has 0 radical (unpaired) electrons. The zero-order chi connectivity index (χ0) is 37.3. The summed E-state index contributed by atoms with van der Waals surface area (Å²) in [5, 5.41) is 8.53. The summed E-state index contributed by atoms with van der Waals surface area (Å²) in [4.78, 5) is 15.7. The van der Waals surface area contributed by atoms with Gasteiger partial charge in [0, 0.05) is 11.3 Å². The number of hydrogen-bond donors (Lipinski definition) is 1. The molecular weight excluding hydrogens is 694 g/mol. The van der Waals surface area contributed by atoms with Crippen molar-refractivity contribution in [1.82, 2.24) is 0 Å². The summed E-state index contributed by atoms with van der Waals surface area (Å²) in [6, 6.07) is 35.7. The largest absolute Gasteiger partial charge is 0.508 e. The Morgan fingerprint density at radius 1 is 0.827 bits per heavy atom. The molecule has 10 heteroatoms. The Morgan fingerprint density at radius 2 is 1.46 bits per heavy atom. The molecule has 1 aliphatic heterocycles. The summed E-state index contributed by atoms with van der Waals surface area (Å²) in [5.41, 5.74) is 4.02. The number of phenols is 1. The van der Waals surface area contributed by atoms with Gasteiger partial charge in [0.15, 0.2) is 23.4 Å². The maximum Gasteiger partial charge on any atom is 0.248 e. The molecule has 1 amide bonds. The fourth-order valence-corrected chi connectivity index (χ4v) is 9.59. The van der Waals surface area contributed by atoms with Crippen molar-refractivity contribution < 1.29 is 31.9 Å². The molecule has 0 aliphatic carbocycles. The Hall–Kier alpha value is -4.77. The number of ether oxygens (including phenoxy) is 1. The van der Waals surface area contributed by atoms with Crippen LogP contribution in [0, 0.1) is 5.82 Å². The lowest BCUT2D eigenvalue weighted by Crippen LogP contribution is -2.63. The molecule has 1 N–H and O–H groups in total. The van der Waals surface area contributed by atoms with Gasteiger partial charge in [-0.15, -0.1) is 0 Å². The smallest absolute Gasteiger partial charge is 0.248 e. The van der Waals surface area contributed by atoms with E-state index in [2.05, 4.69) is 20.8 Å². The molecule has 1 aliphatic rings. The predicted octanol–water partition coefficient (Wildman–Crippen LogP) is 9.41. The second kappa shape index (κ2) is 14.7. The molecule has 6 rings (SSSR count). The minimum atomic E-state index is -4.21. The van der Waals surface area contributed by atoms with Crippen LogP contribution in [0.2, 0.25) is 18.1 Å². The number of β-lactam (4-membered cyclic amide) rings is 1. The highest BCUT2D eigenvalue weighted by Gasteiger charge is 2.57. The van der Waals surface area contributed by atoms with E-state index in [4.69, 9.17) is 9.16 Å². The lowest BCUT2D eigenvalue weighted by atomic mass is 9.90. The first-order valence-corrected chi connectivity index (χ1v) is 21.9. The number of phenolic OH excluding ortho intramolecular Hbond substituents is 1. The summed E-state index contributed by atoms with van der Waals surface area (Å²) in [6.45, 7) is 10.5. The zero-order valence-corrected chi connectivity index (χ0v) is 31.8. The van der Waals surface area contributed by atoms with Crippen LogP contribution in [-0.2, 0) is 25.7 Å². The van der Waals surface area contributed by atoms with Crippen molar-refractivity contribution >= 4 is 29.7 Å². The van der Waals surface area contributed by atoms with Gasteiger partial charge in [0.2, 0.25) is 5.91 Å². The third-order valence-electron chi connectivity index (χ3n) is 10.1. The van der Waals surface area contributed by atoms with Crippen LogP contribution >= 0.6 is 0 Å². The van der Waals surface area contributed by atoms with Gasteiger partial charge in [-0.2, -0.15) is 0 Å². The molecule has 270 valence electrons. The Labute approximate surface area is 306 Å². The summed E-state index contributed by atoms with van der Waals surface area (Å²) >= 11 is 0. The molecule has 1 saturated heterocycles. The van der Waals surface area contributed by atoms with Gasteiger partial charge in [0.1, 0.15) is 23.9 Å². The highest BCUT2D eigenvalue weighted by molar-refractivity contribution is 7.93. The van der Waals surface area contributed by atoms with Gasteiger partial charge in [-0.05, 0) is 82.9 Å². The van der Waals surface area contributed by atoms with E-state index in [0.717, 1.165) is 16.7 Å². The number of nitrogens with zero attached hydrogens (tertiary/aromatic N) is 1. The van der Waals surface area contributed by atoms with Gasteiger partial charge in [-0.25, -0.2) is 12.8 Å². The SMILES string of the molecule is CC(C)(C)[Si](C)(C)O[C@@H](CS(=O)(=O)[C@H]1C(=O)N(c2ccccc2)[C@@H]1c1ccc(-c2cccc(O)c2)cc1OCc1ccccc1)c1ccc(F)cc1. The number of carbonyl (C=O) groups is 1. The van der Waals surface area contributed by atoms with Gasteiger partial charge < -0.3 is 19.2 Å². The number of anilines is 1. The molecule has 0 bridgehead atoms. The highest BCUT2D eigenvalue weighted by Crippen LogP contribution is 2.48. The molecule has 0 saturated carbocycles. The Kier molecular flexibility index (Phi) is 10.5.